The van der Waals surface area contributed by atoms with E-state index in [1.807, 2.05) is 0 Å². The van der Waals surface area contributed by atoms with Gasteiger partial charge in [0.2, 0.25) is 0 Å². The minimum atomic E-state index is -0.510. The van der Waals surface area contributed by atoms with E-state index in [1.54, 1.807) is 6.92 Å². The van der Waals surface area contributed by atoms with E-state index in [-0.39, 0.29) is 18.5 Å². The van der Waals surface area contributed by atoms with Gasteiger partial charge < -0.3 is 14.2 Å². The SMILES string of the molecule is COC(=O)/C=C/COc1cc(F)ccc1/C=C(\C)C(=O)OC.O=C=O. The molecule has 0 saturated carbocycles. The standard InChI is InChI=1S/C16H17FO5.CO2/c1-11(16(19)21-3)9-12-6-7-13(17)10-14(12)22-8-4-5-15(18)20-2;2-1-3/h4-7,9-10H,8H2,1-3H3;/b5-4+,11-9+;. The first-order chi connectivity index (χ1) is 11.9. The van der Waals surface area contributed by atoms with E-state index >= 15 is 0 Å². The number of ether oxygens (including phenoxy) is 3. The Morgan fingerprint density at radius 2 is 1.84 bits per heavy atom. The van der Waals surface area contributed by atoms with Crippen molar-refractivity contribution in [3.05, 3.63) is 47.3 Å². The van der Waals surface area contributed by atoms with Crippen LogP contribution in [0.3, 0.4) is 0 Å². The van der Waals surface area contributed by atoms with Gasteiger partial charge in [-0.05, 0) is 31.2 Å². The molecule has 0 radical (unpaired) electrons. The molecule has 0 saturated heterocycles. The van der Waals surface area contributed by atoms with Crippen LogP contribution in [0, 0.1) is 5.82 Å². The molecule has 0 atom stereocenters. The molecule has 0 aliphatic heterocycles. The van der Waals surface area contributed by atoms with Crippen LogP contribution in [0.2, 0.25) is 0 Å². The van der Waals surface area contributed by atoms with Gasteiger partial charge in [0.1, 0.15) is 18.2 Å². The lowest BCUT2D eigenvalue weighted by Gasteiger charge is -2.08. The minimum Gasteiger partial charge on any atom is -0.489 e. The summed E-state index contributed by atoms with van der Waals surface area (Å²) in [6, 6.07) is 3.94. The lowest BCUT2D eigenvalue weighted by Crippen LogP contribution is -2.02. The molecule has 1 aromatic rings. The summed E-state index contributed by atoms with van der Waals surface area (Å²) < 4.78 is 27.7. The highest BCUT2D eigenvalue weighted by atomic mass is 19.1. The number of rotatable bonds is 6. The quantitative estimate of drug-likeness (QED) is 0.570. The summed E-state index contributed by atoms with van der Waals surface area (Å²) in [5.74, 6) is -1.22. The predicted octanol–water partition coefficient (Wildman–Crippen LogP) is 1.93. The van der Waals surface area contributed by atoms with E-state index in [9.17, 15) is 14.0 Å². The van der Waals surface area contributed by atoms with Crippen molar-refractivity contribution in [3.8, 4) is 5.75 Å². The molecule has 0 fully saturated rings. The van der Waals surface area contributed by atoms with Gasteiger partial charge in [-0.2, -0.15) is 9.59 Å². The Kier molecular flexibility index (Phi) is 10.6. The maximum absolute atomic E-state index is 13.3. The molecule has 0 heterocycles. The maximum atomic E-state index is 13.3. The highest BCUT2D eigenvalue weighted by molar-refractivity contribution is 5.93. The molecule has 0 bridgehead atoms. The summed E-state index contributed by atoms with van der Waals surface area (Å²) in [6.45, 7) is 1.63. The zero-order chi connectivity index (χ0) is 19.2. The van der Waals surface area contributed by atoms with Crippen molar-refractivity contribution in [2.24, 2.45) is 0 Å². The summed E-state index contributed by atoms with van der Waals surface area (Å²) in [4.78, 5) is 38.6. The third-order valence-electron chi connectivity index (χ3n) is 2.65. The van der Waals surface area contributed by atoms with Gasteiger partial charge >= 0.3 is 18.1 Å². The molecule has 0 unspecified atom stereocenters. The number of halogens is 1. The molecule has 1 rings (SSSR count). The Labute approximate surface area is 143 Å². The zero-order valence-electron chi connectivity index (χ0n) is 13.9. The first-order valence-electron chi connectivity index (χ1n) is 6.82. The minimum absolute atomic E-state index is 0.0522. The van der Waals surface area contributed by atoms with E-state index in [1.165, 1.54) is 50.6 Å². The van der Waals surface area contributed by atoms with Crippen LogP contribution in [0.5, 0.6) is 5.75 Å². The Morgan fingerprint density at radius 3 is 2.40 bits per heavy atom. The third-order valence-corrected chi connectivity index (χ3v) is 2.65. The second-order valence-corrected chi connectivity index (χ2v) is 4.32. The number of hydrogen-bond donors (Lipinski definition) is 0. The lowest BCUT2D eigenvalue weighted by atomic mass is 10.1. The fourth-order valence-corrected chi connectivity index (χ4v) is 1.56. The van der Waals surface area contributed by atoms with Gasteiger partial charge in [0, 0.05) is 23.3 Å². The number of benzene rings is 1. The molecular weight excluding hydrogens is 335 g/mol. The molecule has 0 aliphatic carbocycles. The Bertz CT molecular complexity index is 686. The van der Waals surface area contributed by atoms with Gasteiger partial charge in [0.15, 0.2) is 0 Å². The van der Waals surface area contributed by atoms with Crippen LogP contribution in [0.4, 0.5) is 4.39 Å². The number of methoxy groups -OCH3 is 2. The van der Waals surface area contributed by atoms with Crippen molar-refractivity contribution < 1.29 is 37.8 Å². The Balaban J connectivity index is 0.00000178. The maximum Gasteiger partial charge on any atom is 0.373 e. The normalized spacial score (nSPS) is 10.3. The lowest BCUT2D eigenvalue weighted by molar-refractivity contribution is -0.191. The molecular formula is C17H17FO7. The summed E-state index contributed by atoms with van der Waals surface area (Å²) in [6.07, 6.45) is 4.43. The van der Waals surface area contributed by atoms with Crippen LogP contribution in [0.25, 0.3) is 6.08 Å². The van der Waals surface area contributed by atoms with E-state index in [4.69, 9.17) is 14.3 Å². The smallest absolute Gasteiger partial charge is 0.373 e. The van der Waals surface area contributed by atoms with E-state index in [0.717, 1.165) is 0 Å². The first kappa shape index (κ1) is 21.8. The van der Waals surface area contributed by atoms with Crippen LogP contribution in [-0.2, 0) is 28.7 Å². The van der Waals surface area contributed by atoms with Crippen LogP contribution in [0.1, 0.15) is 12.5 Å². The molecule has 7 nitrogen and oxygen atoms in total. The van der Waals surface area contributed by atoms with E-state index in [2.05, 4.69) is 9.47 Å². The van der Waals surface area contributed by atoms with Gasteiger partial charge in [-0.25, -0.2) is 14.0 Å². The molecule has 134 valence electrons. The number of carbonyl (C=O) groups excluding carboxylic acids is 4. The number of esters is 2. The summed E-state index contributed by atoms with van der Waals surface area (Å²) >= 11 is 0. The largest absolute Gasteiger partial charge is 0.489 e. The molecule has 0 amide bonds. The second kappa shape index (κ2) is 12.2. The molecule has 0 aromatic heterocycles. The predicted molar refractivity (Wildman–Crippen MR) is 83.7 cm³/mol. The van der Waals surface area contributed by atoms with Crippen molar-refractivity contribution in [2.75, 3.05) is 20.8 Å². The second-order valence-electron chi connectivity index (χ2n) is 4.32. The van der Waals surface area contributed by atoms with Gasteiger partial charge in [0.25, 0.3) is 0 Å². The van der Waals surface area contributed by atoms with Crippen molar-refractivity contribution in [1.29, 1.82) is 0 Å². The number of carbonyl (C=O) groups is 2. The highest BCUT2D eigenvalue weighted by Crippen LogP contribution is 2.23. The Morgan fingerprint density at radius 1 is 1.20 bits per heavy atom. The van der Waals surface area contributed by atoms with Crippen molar-refractivity contribution in [2.45, 2.75) is 6.92 Å². The summed E-state index contributed by atoms with van der Waals surface area (Å²) in [5.41, 5.74) is 0.875. The van der Waals surface area contributed by atoms with E-state index in [0.29, 0.717) is 11.1 Å². The Hall–Kier alpha value is -3.25. The van der Waals surface area contributed by atoms with Gasteiger partial charge in [-0.15, -0.1) is 0 Å². The molecule has 0 N–H and O–H groups in total. The van der Waals surface area contributed by atoms with Crippen LogP contribution in [0.15, 0.2) is 35.9 Å². The first-order valence-corrected chi connectivity index (χ1v) is 6.82. The topological polar surface area (TPSA) is 96.0 Å². The number of hydrogen-bond acceptors (Lipinski definition) is 7. The fraction of sp³-hybridized carbons (Fsp3) is 0.235. The zero-order valence-corrected chi connectivity index (χ0v) is 13.9. The monoisotopic (exact) mass is 352 g/mol. The van der Waals surface area contributed by atoms with Crippen molar-refractivity contribution >= 4 is 24.2 Å². The van der Waals surface area contributed by atoms with Crippen molar-refractivity contribution in [3.63, 3.8) is 0 Å². The molecule has 8 heteroatoms. The van der Waals surface area contributed by atoms with Gasteiger partial charge in [0.05, 0.1) is 14.2 Å². The average molecular weight is 352 g/mol. The van der Waals surface area contributed by atoms with E-state index < -0.39 is 17.8 Å². The van der Waals surface area contributed by atoms with Crippen molar-refractivity contribution in [1.82, 2.24) is 0 Å². The highest BCUT2D eigenvalue weighted by Gasteiger charge is 2.08. The molecule has 25 heavy (non-hydrogen) atoms. The molecule has 0 aliphatic rings. The van der Waals surface area contributed by atoms with Gasteiger partial charge in [-0.3, -0.25) is 0 Å². The third kappa shape index (κ3) is 8.83. The van der Waals surface area contributed by atoms with Crippen LogP contribution in [-0.4, -0.2) is 38.9 Å². The summed E-state index contributed by atoms with van der Waals surface area (Å²) in [5, 5.41) is 0. The molecule has 1 aromatic carbocycles. The molecule has 0 spiro atoms. The fourth-order valence-electron chi connectivity index (χ4n) is 1.56. The van der Waals surface area contributed by atoms with Crippen LogP contribution < -0.4 is 4.74 Å². The average Bonchev–Trinajstić information content (AvgIpc) is 2.60. The van der Waals surface area contributed by atoms with Gasteiger partial charge in [-0.1, -0.05) is 0 Å². The van der Waals surface area contributed by atoms with Crippen LogP contribution >= 0.6 is 0 Å². The summed E-state index contributed by atoms with van der Waals surface area (Å²) in [7, 11) is 2.54.